The van der Waals surface area contributed by atoms with Gasteiger partial charge in [-0.1, -0.05) is 54.2 Å². The second kappa shape index (κ2) is 7.08. The van der Waals surface area contributed by atoms with Crippen LogP contribution in [-0.2, 0) is 4.79 Å². The fourth-order valence-corrected chi connectivity index (χ4v) is 3.62. The molecule has 4 aromatic rings. The first kappa shape index (κ1) is 15.9. The molecule has 0 saturated carbocycles. The van der Waals surface area contributed by atoms with Crippen LogP contribution in [0.15, 0.2) is 69.6 Å². The molecule has 5 nitrogen and oxygen atoms in total. The number of aromatic nitrogens is 2. The van der Waals surface area contributed by atoms with Crippen LogP contribution in [0.4, 0.5) is 5.69 Å². The molecular formula is C18H13N3O2S2. The number of hydrogen-bond donors (Lipinski definition) is 1. The summed E-state index contributed by atoms with van der Waals surface area (Å²) in [4.78, 5) is 13.2. The van der Waals surface area contributed by atoms with E-state index >= 15 is 0 Å². The first-order chi connectivity index (χ1) is 12.3. The third-order valence-electron chi connectivity index (χ3n) is 3.53. The Hall–Kier alpha value is -2.64. The summed E-state index contributed by atoms with van der Waals surface area (Å²) in [7, 11) is 0. The second-order valence-electron chi connectivity index (χ2n) is 5.21. The van der Waals surface area contributed by atoms with E-state index in [-0.39, 0.29) is 11.7 Å². The monoisotopic (exact) mass is 367 g/mol. The number of carbonyl (C=O) groups excluding carboxylic acids is 1. The zero-order valence-corrected chi connectivity index (χ0v) is 14.6. The van der Waals surface area contributed by atoms with Crippen LogP contribution in [0.3, 0.4) is 0 Å². The lowest BCUT2D eigenvalue weighted by Gasteiger charge is -2.07. The Bertz CT molecular complexity index is 1010. The molecule has 2 aromatic carbocycles. The van der Waals surface area contributed by atoms with Gasteiger partial charge in [-0.05, 0) is 22.9 Å². The number of rotatable bonds is 5. The number of nitrogens with one attached hydrogen (secondary N) is 1. The molecule has 0 fully saturated rings. The van der Waals surface area contributed by atoms with Gasteiger partial charge in [0.15, 0.2) is 0 Å². The first-order valence-electron chi connectivity index (χ1n) is 7.57. The summed E-state index contributed by atoms with van der Waals surface area (Å²) in [6.45, 7) is 0. The van der Waals surface area contributed by atoms with Crippen molar-refractivity contribution in [1.29, 1.82) is 0 Å². The molecule has 2 heterocycles. The second-order valence-corrected chi connectivity index (χ2v) is 7.09. The molecule has 1 N–H and O–H groups in total. The topological polar surface area (TPSA) is 68.0 Å². The molecule has 0 aliphatic carbocycles. The molecule has 1 amide bonds. The van der Waals surface area contributed by atoms with Gasteiger partial charge in [0.2, 0.25) is 5.91 Å². The van der Waals surface area contributed by atoms with Gasteiger partial charge in [0, 0.05) is 11.1 Å². The van der Waals surface area contributed by atoms with Crippen LogP contribution in [0.5, 0.6) is 0 Å². The third kappa shape index (κ3) is 3.57. The fraction of sp³-hybridized carbons (Fsp3) is 0.0556. The third-order valence-corrected chi connectivity index (χ3v) is 5.21. The molecule has 0 saturated heterocycles. The van der Waals surface area contributed by atoms with E-state index in [0.29, 0.717) is 11.1 Å². The summed E-state index contributed by atoms with van der Waals surface area (Å²) >= 11 is 2.76. The maximum absolute atomic E-state index is 12.2. The molecule has 2 aromatic heterocycles. The molecule has 0 unspecified atom stereocenters. The normalized spacial score (nSPS) is 10.9. The number of benzene rings is 2. The highest BCUT2D eigenvalue weighted by Gasteiger charge is 2.12. The highest BCUT2D eigenvalue weighted by atomic mass is 32.2. The van der Waals surface area contributed by atoms with Gasteiger partial charge in [-0.15, -0.1) is 21.5 Å². The quantitative estimate of drug-likeness (QED) is 0.519. The molecule has 4 rings (SSSR count). The Labute approximate surface area is 152 Å². The Kier molecular flexibility index (Phi) is 4.49. The summed E-state index contributed by atoms with van der Waals surface area (Å²) < 4.78 is 5.57. The number of amides is 1. The number of thioether (sulfide) groups is 1. The Morgan fingerprint density at radius 3 is 2.84 bits per heavy atom. The van der Waals surface area contributed by atoms with E-state index in [4.69, 9.17) is 4.42 Å². The minimum Gasteiger partial charge on any atom is -0.410 e. The largest absolute Gasteiger partial charge is 0.410 e. The number of fused-ring (bicyclic) bond motifs is 1. The number of anilines is 1. The van der Waals surface area contributed by atoms with Crippen molar-refractivity contribution in [1.82, 2.24) is 10.2 Å². The minimum absolute atomic E-state index is 0.114. The van der Waals surface area contributed by atoms with Crippen LogP contribution in [0.2, 0.25) is 0 Å². The van der Waals surface area contributed by atoms with Crippen molar-refractivity contribution >= 4 is 45.5 Å². The molecular weight excluding hydrogens is 354 g/mol. The van der Waals surface area contributed by atoms with E-state index in [9.17, 15) is 4.79 Å². The van der Waals surface area contributed by atoms with Gasteiger partial charge in [-0.3, -0.25) is 4.79 Å². The van der Waals surface area contributed by atoms with Crippen molar-refractivity contribution in [2.24, 2.45) is 0 Å². The zero-order chi connectivity index (χ0) is 17.1. The van der Waals surface area contributed by atoms with Crippen molar-refractivity contribution in [3.8, 4) is 10.8 Å². The molecule has 0 atom stereocenters. The van der Waals surface area contributed by atoms with E-state index in [2.05, 4.69) is 15.5 Å². The van der Waals surface area contributed by atoms with E-state index < -0.39 is 0 Å². The van der Waals surface area contributed by atoms with Crippen LogP contribution in [-0.4, -0.2) is 21.9 Å². The minimum atomic E-state index is -0.114. The molecule has 25 heavy (non-hydrogen) atoms. The first-order valence-corrected chi connectivity index (χ1v) is 9.44. The molecule has 0 radical (unpaired) electrons. The van der Waals surface area contributed by atoms with E-state index in [1.807, 2.05) is 60.0 Å². The Morgan fingerprint density at radius 1 is 1.08 bits per heavy atom. The average Bonchev–Trinajstić information content (AvgIpc) is 3.32. The van der Waals surface area contributed by atoms with Gasteiger partial charge >= 0.3 is 0 Å². The van der Waals surface area contributed by atoms with E-state index in [0.717, 1.165) is 21.3 Å². The van der Waals surface area contributed by atoms with Gasteiger partial charge in [0.05, 0.1) is 10.6 Å². The SMILES string of the molecule is O=C(CSc1nnc(-c2cccs2)o1)Nc1cccc2ccccc12. The smallest absolute Gasteiger partial charge is 0.277 e. The maximum Gasteiger partial charge on any atom is 0.277 e. The van der Waals surface area contributed by atoms with Crippen LogP contribution >= 0.6 is 23.1 Å². The summed E-state index contributed by atoms with van der Waals surface area (Å²) in [6.07, 6.45) is 0. The molecule has 7 heteroatoms. The van der Waals surface area contributed by atoms with Gasteiger partial charge in [0.25, 0.3) is 11.1 Å². The molecule has 124 valence electrons. The summed E-state index contributed by atoms with van der Waals surface area (Å²) in [5.74, 6) is 0.569. The van der Waals surface area contributed by atoms with Crippen LogP contribution in [0.1, 0.15) is 0 Å². The molecule has 0 aliphatic rings. The highest BCUT2D eigenvalue weighted by Crippen LogP contribution is 2.27. The number of thiophene rings is 1. The summed E-state index contributed by atoms with van der Waals surface area (Å²) in [6, 6.07) is 17.6. The van der Waals surface area contributed by atoms with Crippen molar-refractivity contribution in [3.63, 3.8) is 0 Å². The number of carbonyl (C=O) groups is 1. The van der Waals surface area contributed by atoms with Crippen LogP contribution < -0.4 is 5.32 Å². The number of nitrogens with zero attached hydrogens (tertiary/aromatic N) is 2. The lowest BCUT2D eigenvalue weighted by atomic mass is 10.1. The van der Waals surface area contributed by atoms with Crippen molar-refractivity contribution < 1.29 is 9.21 Å². The number of hydrogen-bond acceptors (Lipinski definition) is 6. The average molecular weight is 367 g/mol. The van der Waals surface area contributed by atoms with Gasteiger partial charge < -0.3 is 9.73 Å². The van der Waals surface area contributed by atoms with Crippen molar-refractivity contribution in [2.45, 2.75) is 5.22 Å². The van der Waals surface area contributed by atoms with Crippen molar-refractivity contribution in [3.05, 3.63) is 60.0 Å². The summed E-state index contributed by atoms with van der Waals surface area (Å²) in [5, 5.41) is 15.4. The zero-order valence-electron chi connectivity index (χ0n) is 13.0. The Morgan fingerprint density at radius 2 is 1.96 bits per heavy atom. The van der Waals surface area contributed by atoms with E-state index in [1.165, 1.54) is 23.1 Å². The van der Waals surface area contributed by atoms with Gasteiger partial charge in [-0.2, -0.15) is 0 Å². The molecule has 0 aliphatic heterocycles. The maximum atomic E-state index is 12.2. The van der Waals surface area contributed by atoms with Crippen LogP contribution in [0, 0.1) is 0 Å². The Balaban J connectivity index is 1.41. The standard InChI is InChI=1S/C18H13N3O2S2/c22-16(19-14-8-3-6-12-5-1-2-7-13(12)14)11-25-18-21-20-17(23-18)15-9-4-10-24-15/h1-10H,11H2,(H,19,22). The van der Waals surface area contributed by atoms with Gasteiger partial charge in [0.1, 0.15) is 0 Å². The molecule has 0 spiro atoms. The molecule has 0 bridgehead atoms. The lowest BCUT2D eigenvalue weighted by Crippen LogP contribution is -2.14. The summed E-state index contributed by atoms with van der Waals surface area (Å²) in [5.41, 5.74) is 0.800. The van der Waals surface area contributed by atoms with E-state index in [1.54, 1.807) is 0 Å². The van der Waals surface area contributed by atoms with Gasteiger partial charge in [-0.25, -0.2) is 0 Å². The lowest BCUT2D eigenvalue weighted by molar-refractivity contribution is -0.113. The van der Waals surface area contributed by atoms with Crippen molar-refractivity contribution in [2.75, 3.05) is 11.1 Å². The predicted molar refractivity (Wildman–Crippen MR) is 101 cm³/mol. The fourth-order valence-electron chi connectivity index (χ4n) is 2.42. The highest BCUT2D eigenvalue weighted by molar-refractivity contribution is 7.99. The van der Waals surface area contributed by atoms with Crippen LogP contribution in [0.25, 0.3) is 21.5 Å². The predicted octanol–water partition coefficient (Wildman–Crippen LogP) is 4.68.